The van der Waals surface area contributed by atoms with Crippen molar-refractivity contribution < 1.29 is 23.9 Å². The lowest BCUT2D eigenvalue weighted by Gasteiger charge is -2.26. The summed E-state index contributed by atoms with van der Waals surface area (Å²) in [5, 5.41) is 2.24. The molecule has 30 heavy (non-hydrogen) atoms. The summed E-state index contributed by atoms with van der Waals surface area (Å²) in [5.74, 6) is -0.357. The number of methoxy groups -OCH3 is 1. The van der Waals surface area contributed by atoms with Crippen molar-refractivity contribution >= 4 is 29.6 Å². The predicted octanol–water partition coefficient (Wildman–Crippen LogP) is 3.71. The summed E-state index contributed by atoms with van der Waals surface area (Å²) >= 11 is 0. The van der Waals surface area contributed by atoms with Crippen LogP contribution >= 0.6 is 0 Å². The monoisotopic (exact) mass is 408 g/mol. The van der Waals surface area contributed by atoms with Crippen LogP contribution in [0, 0.1) is 0 Å². The molecule has 0 aliphatic carbocycles. The van der Waals surface area contributed by atoms with Crippen LogP contribution < -0.4 is 19.7 Å². The second kappa shape index (κ2) is 9.26. The number of carbonyl (C=O) groups is 3. The number of hydrogen-bond donors (Lipinski definition) is 1. The molecule has 0 aromatic heterocycles. The van der Waals surface area contributed by atoms with Gasteiger partial charge in [0, 0.05) is 11.6 Å². The molecule has 0 unspecified atom stereocenters. The first-order chi connectivity index (χ1) is 14.5. The summed E-state index contributed by atoms with van der Waals surface area (Å²) in [5.41, 5.74) is 1.86. The minimum atomic E-state index is -0.774. The zero-order valence-corrected chi connectivity index (χ0v) is 17.2. The molecule has 3 rings (SSSR count). The van der Waals surface area contributed by atoms with Crippen molar-refractivity contribution in [2.45, 2.75) is 26.7 Å². The van der Waals surface area contributed by atoms with Gasteiger partial charge in [0.15, 0.2) is 0 Å². The summed E-state index contributed by atoms with van der Waals surface area (Å²) in [4.78, 5) is 38.8. The van der Waals surface area contributed by atoms with Gasteiger partial charge >= 0.3 is 6.03 Å². The van der Waals surface area contributed by atoms with Gasteiger partial charge < -0.3 is 9.47 Å². The van der Waals surface area contributed by atoms with Gasteiger partial charge in [-0.3, -0.25) is 14.9 Å². The normalized spacial score (nSPS) is 15.4. The Kier molecular flexibility index (Phi) is 6.51. The van der Waals surface area contributed by atoms with E-state index < -0.39 is 17.8 Å². The molecule has 2 aromatic rings. The molecule has 0 radical (unpaired) electrons. The minimum Gasteiger partial charge on any atom is -0.497 e. The first kappa shape index (κ1) is 21.1. The van der Waals surface area contributed by atoms with Crippen molar-refractivity contribution in [3.8, 4) is 11.5 Å². The van der Waals surface area contributed by atoms with Crippen molar-refractivity contribution in [1.82, 2.24) is 5.32 Å². The van der Waals surface area contributed by atoms with Gasteiger partial charge in [0.05, 0.1) is 19.4 Å². The number of anilines is 1. The fraction of sp³-hybridized carbons (Fsp3) is 0.261. The van der Waals surface area contributed by atoms with Gasteiger partial charge in [0.1, 0.15) is 17.1 Å². The molecule has 0 atom stereocenters. The van der Waals surface area contributed by atoms with E-state index in [4.69, 9.17) is 9.47 Å². The molecule has 0 spiro atoms. The van der Waals surface area contributed by atoms with Crippen LogP contribution in [0.3, 0.4) is 0 Å². The number of carbonyl (C=O) groups excluding carboxylic acids is 3. The van der Waals surface area contributed by atoms with E-state index in [1.807, 2.05) is 26.0 Å². The van der Waals surface area contributed by atoms with Crippen LogP contribution in [0.1, 0.15) is 31.4 Å². The van der Waals surface area contributed by atoms with Gasteiger partial charge in [-0.2, -0.15) is 0 Å². The molecule has 2 aromatic carbocycles. The maximum absolute atomic E-state index is 13.1. The van der Waals surface area contributed by atoms with E-state index in [0.717, 1.165) is 23.3 Å². The first-order valence-electron chi connectivity index (χ1n) is 9.79. The van der Waals surface area contributed by atoms with Crippen LogP contribution in [-0.2, 0) is 16.0 Å². The summed E-state index contributed by atoms with van der Waals surface area (Å²) in [6, 6.07) is 11.4. The highest BCUT2D eigenvalue weighted by molar-refractivity contribution is 6.39. The van der Waals surface area contributed by atoms with Gasteiger partial charge in [-0.15, -0.1) is 0 Å². The van der Waals surface area contributed by atoms with Gasteiger partial charge in [0.2, 0.25) is 0 Å². The molecule has 1 aliphatic heterocycles. The SMILES string of the molecule is CCCOc1cc(OC)ccc1/C=C1\C(=O)NC(=O)N(c2ccc(CC)cc2)C1=O. The Bertz CT molecular complexity index is 995. The highest BCUT2D eigenvalue weighted by atomic mass is 16.5. The van der Waals surface area contributed by atoms with Crippen LogP contribution in [-0.4, -0.2) is 31.6 Å². The molecule has 1 heterocycles. The smallest absolute Gasteiger partial charge is 0.335 e. The second-order valence-electron chi connectivity index (χ2n) is 6.73. The fourth-order valence-electron chi connectivity index (χ4n) is 3.03. The fourth-order valence-corrected chi connectivity index (χ4v) is 3.03. The van der Waals surface area contributed by atoms with Crippen molar-refractivity contribution in [2.75, 3.05) is 18.6 Å². The molecule has 1 saturated heterocycles. The van der Waals surface area contributed by atoms with Crippen molar-refractivity contribution in [1.29, 1.82) is 0 Å². The van der Waals surface area contributed by atoms with Crippen LogP contribution in [0.2, 0.25) is 0 Å². The number of imide groups is 2. The van der Waals surface area contributed by atoms with Crippen LogP contribution in [0.4, 0.5) is 10.5 Å². The summed E-state index contributed by atoms with van der Waals surface area (Å²) in [6.07, 6.45) is 3.06. The van der Waals surface area contributed by atoms with E-state index in [1.165, 1.54) is 6.08 Å². The lowest BCUT2D eigenvalue weighted by atomic mass is 10.1. The summed E-state index contributed by atoms with van der Waals surface area (Å²) < 4.78 is 11.0. The molecule has 7 heteroatoms. The maximum Gasteiger partial charge on any atom is 0.335 e. The van der Waals surface area contributed by atoms with Crippen molar-refractivity contribution in [3.05, 3.63) is 59.2 Å². The van der Waals surface area contributed by atoms with E-state index in [1.54, 1.807) is 37.4 Å². The largest absolute Gasteiger partial charge is 0.497 e. The first-order valence-corrected chi connectivity index (χ1v) is 9.79. The third-order valence-corrected chi connectivity index (χ3v) is 4.69. The Hall–Kier alpha value is -3.61. The molecular formula is C23H24N2O5. The number of hydrogen-bond acceptors (Lipinski definition) is 5. The van der Waals surface area contributed by atoms with Crippen LogP contribution in [0.5, 0.6) is 11.5 Å². The van der Waals surface area contributed by atoms with Crippen LogP contribution in [0.15, 0.2) is 48.0 Å². The third-order valence-electron chi connectivity index (χ3n) is 4.69. The standard InChI is InChI=1S/C23H24N2O5/c1-4-12-30-20-14-18(29-3)11-8-16(20)13-19-21(26)24-23(28)25(22(19)27)17-9-6-15(5-2)7-10-17/h6-11,13-14H,4-5,12H2,1-3H3,(H,24,26,28)/b19-13+. The van der Waals surface area contributed by atoms with E-state index >= 15 is 0 Å². The lowest BCUT2D eigenvalue weighted by molar-refractivity contribution is -0.122. The topological polar surface area (TPSA) is 84.9 Å². The quantitative estimate of drug-likeness (QED) is 0.558. The highest BCUT2D eigenvalue weighted by Crippen LogP contribution is 2.29. The summed E-state index contributed by atoms with van der Waals surface area (Å²) in [6.45, 7) is 4.46. The van der Waals surface area contributed by atoms with Crippen molar-refractivity contribution in [3.63, 3.8) is 0 Å². The highest BCUT2D eigenvalue weighted by Gasteiger charge is 2.37. The molecule has 1 N–H and O–H groups in total. The average molecular weight is 408 g/mol. The van der Waals surface area contributed by atoms with Crippen molar-refractivity contribution in [2.24, 2.45) is 0 Å². The number of aryl methyl sites for hydroxylation is 1. The zero-order chi connectivity index (χ0) is 21.7. The lowest BCUT2D eigenvalue weighted by Crippen LogP contribution is -2.54. The second-order valence-corrected chi connectivity index (χ2v) is 6.73. The van der Waals surface area contributed by atoms with Gasteiger partial charge in [-0.25, -0.2) is 9.69 Å². The van der Waals surface area contributed by atoms with Gasteiger partial charge in [-0.05, 0) is 48.7 Å². The Morgan fingerprint density at radius 1 is 1.03 bits per heavy atom. The predicted molar refractivity (Wildman–Crippen MR) is 114 cm³/mol. The number of amides is 4. The third kappa shape index (κ3) is 4.35. The molecule has 1 fully saturated rings. The molecule has 156 valence electrons. The average Bonchev–Trinajstić information content (AvgIpc) is 2.75. The van der Waals surface area contributed by atoms with Gasteiger partial charge in [-0.1, -0.05) is 26.0 Å². The Morgan fingerprint density at radius 3 is 2.40 bits per heavy atom. The number of ether oxygens (including phenoxy) is 2. The molecule has 4 amide bonds. The molecular weight excluding hydrogens is 384 g/mol. The number of nitrogens with one attached hydrogen (secondary N) is 1. The minimum absolute atomic E-state index is 0.152. The Balaban J connectivity index is 1.99. The number of rotatable bonds is 7. The number of nitrogens with zero attached hydrogens (tertiary/aromatic N) is 1. The molecule has 0 bridgehead atoms. The Labute approximate surface area is 175 Å². The van der Waals surface area contributed by atoms with E-state index in [0.29, 0.717) is 29.4 Å². The zero-order valence-electron chi connectivity index (χ0n) is 17.2. The van der Waals surface area contributed by atoms with E-state index in [2.05, 4.69) is 5.32 Å². The number of barbiturate groups is 1. The molecule has 1 aliphatic rings. The van der Waals surface area contributed by atoms with E-state index in [9.17, 15) is 14.4 Å². The Morgan fingerprint density at radius 2 is 1.77 bits per heavy atom. The summed E-state index contributed by atoms with van der Waals surface area (Å²) in [7, 11) is 1.54. The number of urea groups is 1. The molecule has 0 saturated carbocycles. The number of benzene rings is 2. The van der Waals surface area contributed by atoms with Crippen LogP contribution in [0.25, 0.3) is 6.08 Å². The maximum atomic E-state index is 13.1. The molecule has 7 nitrogen and oxygen atoms in total. The van der Waals surface area contributed by atoms with Gasteiger partial charge in [0.25, 0.3) is 11.8 Å². The van der Waals surface area contributed by atoms with E-state index in [-0.39, 0.29) is 5.57 Å².